The largest absolute Gasteiger partial charge is 0.494 e. The summed E-state index contributed by atoms with van der Waals surface area (Å²) in [6.45, 7) is 5.41. The van der Waals surface area contributed by atoms with Crippen molar-refractivity contribution in [3.63, 3.8) is 0 Å². The lowest BCUT2D eigenvalue weighted by atomic mass is 9.77. The molecule has 0 aromatic heterocycles. The minimum Gasteiger partial charge on any atom is -0.494 e. The lowest BCUT2D eigenvalue weighted by Gasteiger charge is -2.38. The van der Waals surface area contributed by atoms with Crippen molar-refractivity contribution in [3.05, 3.63) is 84.5 Å². The van der Waals surface area contributed by atoms with Crippen LogP contribution >= 0.6 is 0 Å². The normalized spacial score (nSPS) is 28.8. The number of amides is 3. The van der Waals surface area contributed by atoms with Crippen LogP contribution in [0.3, 0.4) is 0 Å². The number of aliphatic hydroxyl groups excluding tert-OH is 1. The Morgan fingerprint density at radius 2 is 1.74 bits per heavy atom. The maximum Gasteiger partial charge on any atom is 0.249 e. The third kappa shape index (κ3) is 4.84. The first kappa shape index (κ1) is 29.1. The maximum absolute atomic E-state index is 14.7. The number of ether oxygens (including phenoxy) is 2. The van der Waals surface area contributed by atoms with Crippen molar-refractivity contribution in [2.75, 3.05) is 37.7 Å². The van der Waals surface area contributed by atoms with E-state index < -0.39 is 35.6 Å². The van der Waals surface area contributed by atoms with Crippen LogP contribution in [0.5, 0.6) is 5.75 Å². The molecule has 9 nitrogen and oxygen atoms in total. The molecule has 4 heterocycles. The van der Waals surface area contributed by atoms with Gasteiger partial charge < -0.3 is 29.3 Å². The molecule has 2 fully saturated rings. The zero-order chi connectivity index (χ0) is 30.1. The molecule has 1 N–H and O–H groups in total. The number of fused-ring (bicyclic) bond motifs is 2. The standard InChI is InChI=1S/C34H39N3O6/c1-3-5-19-35-20-10-18-34-29(32(40)37(30(34)33(35)41)26(22-38)23-11-7-6-8-12-23)28-27(43-34)13-9-21-36(31(28)39)24-14-16-25(17-15-24)42-4-2/h6-18,26-30,38H,3-5,19-22H2,1-2H3/t26-,27-,28+,29+,30?,34+/m1/s1. The zero-order valence-electron chi connectivity index (χ0n) is 24.7. The SMILES string of the molecule is CCCCN1CC=C[C@]23O[C@@H]4C=CCN(c5ccc(OCC)cc5)C(=O)[C@@H]4[C@H]2C(=O)N([C@H](CO)c2ccccc2)C3C1=O. The van der Waals surface area contributed by atoms with Crippen LogP contribution in [0.2, 0.25) is 0 Å². The predicted molar refractivity (Wildman–Crippen MR) is 161 cm³/mol. The van der Waals surface area contributed by atoms with Crippen LogP contribution in [0.25, 0.3) is 0 Å². The molecule has 43 heavy (non-hydrogen) atoms. The molecule has 0 aliphatic carbocycles. The Labute approximate surface area is 252 Å². The van der Waals surface area contributed by atoms with Crippen molar-refractivity contribution in [1.29, 1.82) is 0 Å². The Kier molecular flexibility index (Phi) is 8.11. The van der Waals surface area contributed by atoms with E-state index in [9.17, 15) is 19.5 Å². The number of aliphatic hydroxyl groups is 1. The van der Waals surface area contributed by atoms with E-state index in [0.29, 0.717) is 43.2 Å². The lowest BCUT2D eigenvalue weighted by molar-refractivity contribution is -0.150. The number of rotatable bonds is 9. The molecule has 3 amide bonds. The van der Waals surface area contributed by atoms with Crippen LogP contribution < -0.4 is 9.64 Å². The van der Waals surface area contributed by atoms with Crippen LogP contribution in [-0.2, 0) is 19.1 Å². The number of carbonyl (C=O) groups excluding carboxylic acids is 3. The van der Waals surface area contributed by atoms with Gasteiger partial charge in [-0.05, 0) is 43.2 Å². The molecule has 1 unspecified atom stereocenters. The molecule has 0 saturated carbocycles. The van der Waals surface area contributed by atoms with Gasteiger partial charge in [0.15, 0.2) is 0 Å². The first-order chi connectivity index (χ1) is 20.9. The Morgan fingerprint density at radius 3 is 2.44 bits per heavy atom. The molecule has 6 rings (SSSR count). The molecule has 0 bridgehead atoms. The first-order valence-corrected chi connectivity index (χ1v) is 15.3. The summed E-state index contributed by atoms with van der Waals surface area (Å²) in [5.41, 5.74) is 0.0534. The number of anilines is 1. The van der Waals surface area contributed by atoms with Gasteiger partial charge in [0, 0.05) is 25.3 Å². The van der Waals surface area contributed by atoms with E-state index in [1.807, 2.05) is 85.8 Å². The average Bonchev–Trinajstić information content (AvgIpc) is 3.34. The van der Waals surface area contributed by atoms with E-state index in [4.69, 9.17) is 9.47 Å². The summed E-state index contributed by atoms with van der Waals surface area (Å²) < 4.78 is 12.4. The highest BCUT2D eigenvalue weighted by Gasteiger charge is 2.72. The molecular formula is C34H39N3O6. The summed E-state index contributed by atoms with van der Waals surface area (Å²) >= 11 is 0. The lowest BCUT2D eigenvalue weighted by Crippen LogP contribution is -2.56. The van der Waals surface area contributed by atoms with Gasteiger partial charge in [0.2, 0.25) is 17.7 Å². The summed E-state index contributed by atoms with van der Waals surface area (Å²) in [5, 5.41) is 10.7. The highest BCUT2D eigenvalue weighted by atomic mass is 16.5. The highest BCUT2D eigenvalue weighted by Crippen LogP contribution is 2.55. The van der Waals surface area contributed by atoms with Crippen LogP contribution in [-0.4, -0.2) is 83.2 Å². The minimum absolute atomic E-state index is 0.222. The topological polar surface area (TPSA) is 99.6 Å². The van der Waals surface area contributed by atoms with Gasteiger partial charge in [-0.15, -0.1) is 0 Å². The van der Waals surface area contributed by atoms with E-state index in [1.165, 1.54) is 4.90 Å². The number of nitrogens with zero attached hydrogens (tertiary/aromatic N) is 3. The van der Waals surface area contributed by atoms with Gasteiger partial charge in [0.05, 0.1) is 37.2 Å². The Balaban J connectivity index is 1.43. The Hall–Kier alpha value is -3.95. The second-order valence-corrected chi connectivity index (χ2v) is 11.5. The first-order valence-electron chi connectivity index (χ1n) is 15.3. The number of benzene rings is 2. The van der Waals surface area contributed by atoms with Crippen molar-refractivity contribution < 1.29 is 29.0 Å². The fourth-order valence-electron chi connectivity index (χ4n) is 7.16. The van der Waals surface area contributed by atoms with Crippen molar-refractivity contribution in [3.8, 4) is 5.75 Å². The third-order valence-corrected chi connectivity index (χ3v) is 9.11. The van der Waals surface area contributed by atoms with Crippen LogP contribution in [0.15, 0.2) is 78.9 Å². The van der Waals surface area contributed by atoms with Crippen LogP contribution in [0.1, 0.15) is 38.3 Å². The Morgan fingerprint density at radius 1 is 0.977 bits per heavy atom. The smallest absolute Gasteiger partial charge is 0.249 e. The van der Waals surface area contributed by atoms with E-state index in [-0.39, 0.29) is 24.3 Å². The predicted octanol–water partition coefficient (Wildman–Crippen LogP) is 3.50. The summed E-state index contributed by atoms with van der Waals surface area (Å²) in [5.74, 6) is -1.89. The van der Waals surface area contributed by atoms with Gasteiger partial charge in [-0.2, -0.15) is 0 Å². The highest BCUT2D eigenvalue weighted by molar-refractivity contribution is 6.04. The molecule has 2 aromatic rings. The molecule has 0 radical (unpaired) electrons. The fraction of sp³-hybridized carbons (Fsp3) is 0.441. The summed E-state index contributed by atoms with van der Waals surface area (Å²) in [6, 6.07) is 14.8. The fourth-order valence-corrected chi connectivity index (χ4v) is 7.16. The second-order valence-electron chi connectivity index (χ2n) is 11.5. The second kappa shape index (κ2) is 12.0. The van der Waals surface area contributed by atoms with Gasteiger partial charge in [0.25, 0.3) is 0 Å². The maximum atomic E-state index is 14.7. The van der Waals surface area contributed by atoms with Crippen molar-refractivity contribution in [1.82, 2.24) is 9.80 Å². The molecule has 4 aliphatic rings. The van der Waals surface area contributed by atoms with Gasteiger partial charge in [0.1, 0.15) is 17.4 Å². The Bertz CT molecular complexity index is 1410. The third-order valence-electron chi connectivity index (χ3n) is 9.11. The molecule has 2 saturated heterocycles. The molecular weight excluding hydrogens is 546 g/mol. The van der Waals surface area contributed by atoms with E-state index in [2.05, 4.69) is 6.92 Å². The van der Waals surface area contributed by atoms with E-state index in [0.717, 1.165) is 12.8 Å². The molecule has 226 valence electrons. The molecule has 9 heteroatoms. The number of hydrogen-bond donors (Lipinski definition) is 1. The number of carbonyl (C=O) groups is 3. The van der Waals surface area contributed by atoms with Gasteiger partial charge >= 0.3 is 0 Å². The van der Waals surface area contributed by atoms with Crippen molar-refractivity contribution in [2.45, 2.75) is 50.5 Å². The molecule has 6 atom stereocenters. The summed E-state index contributed by atoms with van der Waals surface area (Å²) in [6.07, 6.45) is 8.56. The summed E-state index contributed by atoms with van der Waals surface area (Å²) in [7, 11) is 0. The molecule has 1 spiro atoms. The van der Waals surface area contributed by atoms with Crippen LogP contribution in [0, 0.1) is 11.8 Å². The van der Waals surface area contributed by atoms with Gasteiger partial charge in [-0.3, -0.25) is 14.4 Å². The number of unbranched alkanes of at least 4 members (excludes halogenated alkanes) is 1. The zero-order valence-corrected chi connectivity index (χ0v) is 24.7. The number of hydrogen-bond acceptors (Lipinski definition) is 6. The quantitative estimate of drug-likeness (QED) is 0.453. The molecule has 4 aliphatic heterocycles. The van der Waals surface area contributed by atoms with Crippen LogP contribution in [0.4, 0.5) is 5.69 Å². The van der Waals surface area contributed by atoms with E-state index in [1.54, 1.807) is 9.80 Å². The minimum atomic E-state index is -1.35. The average molecular weight is 586 g/mol. The van der Waals surface area contributed by atoms with E-state index >= 15 is 0 Å². The molecule has 2 aromatic carbocycles. The van der Waals surface area contributed by atoms with Gasteiger partial charge in [-0.25, -0.2) is 0 Å². The van der Waals surface area contributed by atoms with Crippen molar-refractivity contribution in [2.24, 2.45) is 11.8 Å². The van der Waals surface area contributed by atoms with Gasteiger partial charge in [-0.1, -0.05) is 68.0 Å². The number of likely N-dealkylation sites (tertiary alicyclic amines) is 1. The monoisotopic (exact) mass is 585 g/mol. The van der Waals surface area contributed by atoms with Crippen molar-refractivity contribution >= 4 is 23.4 Å². The summed E-state index contributed by atoms with van der Waals surface area (Å²) in [4.78, 5) is 48.5.